The average molecular weight is 438 g/mol. The van der Waals surface area contributed by atoms with Crippen LogP contribution in [0.2, 0.25) is 0 Å². The van der Waals surface area contributed by atoms with Gasteiger partial charge in [0, 0.05) is 50.7 Å². The van der Waals surface area contributed by atoms with E-state index in [1.807, 2.05) is 29.2 Å². The lowest BCUT2D eigenvalue weighted by Gasteiger charge is -2.34. The van der Waals surface area contributed by atoms with E-state index in [1.165, 1.54) is 19.4 Å². The summed E-state index contributed by atoms with van der Waals surface area (Å²) in [6, 6.07) is 7.97. The Hall–Kier alpha value is -1.93. The topological polar surface area (TPSA) is 45.3 Å². The molecule has 0 spiro atoms. The average Bonchev–Trinajstić information content (AvgIpc) is 3.32. The van der Waals surface area contributed by atoms with Gasteiger partial charge in [0.1, 0.15) is 12.4 Å². The van der Waals surface area contributed by atoms with Gasteiger partial charge in [-0.15, -0.1) is 0 Å². The number of amides is 1. The molecule has 4 rings (SSSR count). The van der Waals surface area contributed by atoms with Gasteiger partial charge < -0.3 is 19.3 Å². The number of hydrogen-bond acceptors (Lipinski definition) is 5. The van der Waals surface area contributed by atoms with Crippen molar-refractivity contribution in [3.8, 4) is 5.75 Å². The number of cyclic esters (lactones) is 1. The van der Waals surface area contributed by atoms with Crippen molar-refractivity contribution in [2.24, 2.45) is 0 Å². The number of carbonyl (C=O) groups is 1. The Morgan fingerprint density at radius 3 is 2.58 bits per heavy atom. The molecule has 0 bridgehead atoms. The van der Waals surface area contributed by atoms with Crippen LogP contribution in [0.4, 0.5) is 19.3 Å². The highest BCUT2D eigenvalue weighted by Crippen LogP contribution is 2.30. The smallest absolute Gasteiger partial charge is 0.414 e. The molecule has 0 radical (unpaired) electrons. The highest BCUT2D eigenvalue weighted by Gasteiger charge is 2.39. The Labute approximate surface area is 183 Å². The molecule has 3 heterocycles. The van der Waals surface area contributed by atoms with Crippen LogP contribution in [0.15, 0.2) is 24.3 Å². The van der Waals surface area contributed by atoms with Gasteiger partial charge in [0.25, 0.3) is 5.92 Å². The first-order chi connectivity index (χ1) is 14.9. The van der Waals surface area contributed by atoms with Crippen LogP contribution in [0, 0.1) is 0 Å². The Balaban J connectivity index is 1.27. The normalized spacial score (nSPS) is 26.9. The van der Waals surface area contributed by atoms with Crippen LogP contribution in [0.5, 0.6) is 5.75 Å². The largest absolute Gasteiger partial charge is 0.494 e. The highest BCUT2D eigenvalue weighted by molar-refractivity contribution is 5.90. The predicted octanol–water partition coefficient (Wildman–Crippen LogP) is 4.00. The third-order valence-electron chi connectivity index (χ3n) is 6.68. The minimum Gasteiger partial charge on any atom is -0.494 e. The Kier molecular flexibility index (Phi) is 6.96. The molecule has 0 saturated carbocycles. The summed E-state index contributed by atoms with van der Waals surface area (Å²) in [5.74, 6) is -1.79. The zero-order valence-electron chi connectivity index (χ0n) is 18.3. The lowest BCUT2D eigenvalue weighted by atomic mass is 10.1. The SMILES string of the molecule is CC1CCCN1CCCOc1ccc(N2C(=O)OC[C@H]2CN2CCC(F)(F)CC2)cc1. The van der Waals surface area contributed by atoms with Gasteiger partial charge in [0.2, 0.25) is 0 Å². The molecule has 1 aromatic rings. The van der Waals surface area contributed by atoms with Crippen molar-refractivity contribution in [3.05, 3.63) is 24.3 Å². The van der Waals surface area contributed by atoms with Gasteiger partial charge in [-0.25, -0.2) is 13.6 Å². The molecular weight excluding hydrogens is 404 g/mol. The van der Waals surface area contributed by atoms with E-state index in [0.717, 1.165) is 24.4 Å². The molecule has 3 aliphatic heterocycles. The lowest BCUT2D eigenvalue weighted by molar-refractivity contribution is -0.0558. The summed E-state index contributed by atoms with van der Waals surface area (Å²) in [6.45, 7) is 6.68. The van der Waals surface area contributed by atoms with E-state index in [1.54, 1.807) is 4.90 Å². The molecular formula is C23H33F2N3O3. The molecule has 8 heteroatoms. The molecule has 3 fully saturated rings. The van der Waals surface area contributed by atoms with Gasteiger partial charge in [0.05, 0.1) is 12.6 Å². The second-order valence-corrected chi connectivity index (χ2v) is 8.98. The number of hydrogen-bond donors (Lipinski definition) is 0. The number of halogens is 2. The summed E-state index contributed by atoms with van der Waals surface area (Å²) >= 11 is 0. The fraction of sp³-hybridized carbons (Fsp3) is 0.696. The van der Waals surface area contributed by atoms with Crippen LogP contribution >= 0.6 is 0 Å². The van der Waals surface area contributed by atoms with E-state index in [2.05, 4.69) is 11.8 Å². The second-order valence-electron chi connectivity index (χ2n) is 8.98. The van der Waals surface area contributed by atoms with Gasteiger partial charge in [-0.1, -0.05) is 0 Å². The van der Waals surface area contributed by atoms with Crippen LogP contribution in [-0.2, 0) is 4.74 Å². The summed E-state index contributed by atoms with van der Waals surface area (Å²) in [5, 5.41) is 0. The van der Waals surface area contributed by atoms with Crippen LogP contribution in [-0.4, -0.2) is 79.8 Å². The van der Waals surface area contributed by atoms with E-state index in [-0.39, 0.29) is 31.6 Å². The third-order valence-corrected chi connectivity index (χ3v) is 6.68. The molecule has 0 N–H and O–H groups in total. The second kappa shape index (κ2) is 9.69. The van der Waals surface area contributed by atoms with Gasteiger partial charge in [-0.05, 0) is 57.0 Å². The summed E-state index contributed by atoms with van der Waals surface area (Å²) < 4.78 is 38.0. The fourth-order valence-corrected chi connectivity index (χ4v) is 4.76. The molecule has 1 amide bonds. The minimum absolute atomic E-state index is 0.128. The van der Waals surface area contributed by atoms with Crippen LogP contribution in [0.3, 0.4) is 0 Å². The van der Waals surface area contributed by atoms with Crippen LogP contribution in [0.25, 0.3) is 0 Å². The summed E-state index contributed by atoms with van der Waals surface area (Å²) in [5.41, 5.74) is 0.744. The maximum Gasteiger partial charge on any atom is 0.414 e. The van der Waals surface area contributed by atoms with Crippen molar-refractivity contribution in [2.45, 2.75) is 57.0 Å². The van der Waals surface area contributed by atoms with Crippen molar-refractivity contribution >= 4 is 11.8 Å². The Morgan fingerprint density at radius 1 is 1.16 bits per heavy atom. The number of benzene rings is 1. The molecule has 31 heavy (non-hydrogen) atoms. The summed E-state index contributed by atoms with van der Waals surface area (Å²) in [7, 11) is 0. The zero-order chi connectivity index (χ0) is 21.8. The van der Waals surface area contributed by atoms with E-state index in [0.29, 0.717) is 32.3 Å². The van der Waals surface area contributed by atoms with Crippen molar-refractivity contribution < 1.29 is 23.0 Å². The summed E-state index contributed by atoms with van der Waals surface area (Å²) in [4.78, 5) is 18.4. The number of piperidine rings is 1. The molecule has 172 valence electrons. The molecule has 0 aliphatic carbocycles. The third kappa shape index (κ3) is 5.66. The van der Waals surface area contributed by atoms with Gasteiger partial charge >= 0.3 is 6.09 Å². The van der Waals surface area contributed by atoms with E-state index < -0.39 is 5.92 Å². The van der Waals surface area contributed by atoms with E-state index >= 15 is 0 Å². The number of rotatable bonds is 8. The first-order valence-electron chi connectivity index (χ1n) is 11.4. The zero-order valence-corrected chi connectivity index (χ0v) is 18.3. The van der Waals surface area contributed by atoms with Gasteiger partial charge in [0.15, 0.2) is 0 Å². The number of likely N-dealkylation sites (tertiary alicyclic amines) is 2. The van der Waals surface area contributed by atoms with Gasteiger partial charge in [-0.2, -0.15) is 0 Å². The van der Waals surface area contributed by atoms with Crippen molar-refractivity contribution in [3.63, 3.8) is 0 Å². The lowest BCUT2D eigenvalue weighted by Crippen LogP contribution is -2.47. The number of ether oxygens (including phenoxy) is 2. The predicted molar refractivity (Wildman–Crippen MR) is 115 cm³/mol. The van der Waals surface area contributed by atoms with Crippen molar-refractivity contribution in [1.82, 2.24) is 9.80 Å². The molecule has 2 atom stereocenters. The fourth-order valence-electron chi connectivity index (χ4n) is 4.76. The molecule has 0 aromatic heterocycles. The summed E-state index contributed by atoms with van der Waals surface area (Å²) in [6.07, 6.45) is 2.91. The molecule has 1 aromatic carbocycles. The van der Waals surface area contributed by atoms with E-state index in [4.69, 9.17) is 9.47 Å². The maximum atomic E-state index is 13.4. The number of anilines is 1. The number of nitrogens with zero attached hydrogens (tertiary/aromatic N) is 3. The standard InChI is InChI=1S/C23H33F2N3O3/c1-18-4-2-11-27(18)12-3-15-30-21-7-5-19(6-8-21)28-20(17-31-22(28)29)16-26-13-9-23(24,25)10-14-26/h5-8,18,20H,2-4,9-17H2,1H3/t18?,20-/m1/s1. The highest BCUT2D eigenvalue weighted by atomic mass is 19.3. The monoisotopic (exact) mass is 437 g/mol. The molecule has 3 saturated heterocycles. The van der Waals surface area contributed by atoms with Crippen molar-refractivity contribution in [2.75, 3.05) is 50.8 Å². The first-order valence-corrected chi connectivity index (χ1v) is 11.4. The Morgan fingerprint density at radius 2 is 1.90 bits per heavy atom. The van der Waals surface area contributed by atoms with Crippen LogP contribution < -0.4 is 9.64 Å². The molecule has 6 nitrogen and oxygen atoms in total. The number of carbonyl (C=O) groups excluding carboxylic acids is 1. The van der Waals surface area contributed by atoms with Crippen molar-refractivity contribution in [1.29, 1.82) is 0 Å². The van der Waals surface area contributed by atoms with Crippen LogP contribution in [0.1, 0.15) is 39.0 Å². The van der Waals surface area contributed by atoms with Gasteiger partial charge in [-0.3, -0.25) is 4.90 Å². The molecule has 3 aliphatic rings. The quantitative estimate of drug-likeness (QED) is 0.576. The minimum atomic E-state index is -2.57. The maximum absolute atomic E-state index is 13.4. The number of alkyl halides is 2. The van der Waals surface area contributed by atoms with E-state index in [9.17, 15) is 13.6 Å². The first kappa shape index (κ1) is 22.3. The Bertz CT molecular complexity index is 736. The molecule has 1 unspecified atom stereocenters.